The molecule has 0 aliphatic heterocycles. The summed E-state index contributed by atoms with van der Waals surface area (Å²) < 4.78 is 7.91. The number of hydrogen-bond donors (Lipinski definition) is 0. The van der Waals surface area contributed by atoms with Gasteiger partial charge >= 0.3 is 145 Å². The van der Waals surface area contributed by atoms with Gasteiger partial charge in [-0.25, -0.2) is 0 Å². The first kappa shape index (κ1) is 23.9. The molecule has 134 valence electrons. The first-order valence-electron chi connectivity index (χ1n) is 7.99. The van der Waals surface area contributed by atoms with E-state index in [1.807, 2.05) is 0 Å². The van der Waals surface area contributed by atoms with Crippen molar-refractivity contribution in [2.75, 3.05) is 0 Å². The van der Waals surface area contributed by atoms with Crippen molar-refractivity contribution in [1.29, 1.82) is 0 Å². The second-order valence-electron chi connectivity index (χ2n) is 7.37. The van der Waals surface area contributed by atoms with Gasteiger partial charge < -0.3 is 0 Å². The van der Waals surface area contributed by atoms with E-state index < -0.39 is 17.8 Å². The Morgan fingerprint density at radius 2 is 1.75 bits per heavy atom. The average Bonchev–Trinajstić information content (AvgIpc) is 2.62. The Kier molecular flexibility index (Phi) is 8.96. The SMILES string of the molecule is Cl.Cl.[CH2]=[Ti]([O]c1cccc(C(C)(C)C)c1)[C]1=C([SiH3])C(C)=C(C)C1C. The van der Waals surface area contributed by atoms with Crippen LogP contribution < -0.4 is 3.32 Å². The van der Waals surface area contributed by atoms with Gasteiger partial charge in [-0.2, -0.15) is 0 Å². The van der Waals surface area contributed by atoms with E-state index >= 15 is 0 Å². The molecule has 0 bridgehead atoms. The first-order chi connectivity index (χ1) is 10.1. The molecule has 1 aliphatic carbocycles. The fourth-order valence-electron chi connectivity index (χ4n) is 3.04. The molecule has 1 unspecified atom stereocenters. The van der Waals surface area contributed by atoms with Crippen LogP contribution in [-0.4, -0.2) is 15.1 Å². The maximum absolute atomic E-state index is 6.36. The first-order valence-corrected chi connectivity index (χ1v) is 11.5. The number of hydrogen-bond acceptors (Lipinski definition) is 1. The van der Waals surface area contributed by atoms with E-state index in [4.69, 9.17) is 3.32 Å². The van der Waals surface area contributed by atoms with Gasteiger partial charge in [-0.05, 0) is 0 Å². The van der Waals surface area contributed by atoms with Gasteiger partial charge in [-0.3, -0.25) is 0 Å². The molecule has 0 amide bonds. The van der Waals surface area contributed by atoms with Crippen LogP contribution in [0.2, 0.25) is 0 Å². The van der Waals surface area contributed by atoms with E-state index in [0.717, 1.165) is 16.0 Å². The van der Waals surface area contributed by atoms with Gasteiger partial charge in [0, 0.05) is 0 Å². The van der Waals surface area contributed by atoms with E-state index in [1.165, 1.54) is 16.7 Å². The van der Waals surface area contributed by atoms with Crippen LogP contribution in [0.5, 0.6) is 5.75 Å². The van der Waals surface area contributed by atoms with E-state index in [1.54, 1.807) is 9.07 Å². The van der Waals surface area contributed by atoms with Crippen LogP contribution in [0, 0.1) is 5.92 Å². The zero-order valence-corrected chi connectivity index (χ0v) is 21.0. The summed E-state index contributed by atoms with van der Waals surface area (Å²) in [6.45, 7) is 13.5. The third-order valence-corrected chi connectivity index (χ3v) is 9.90. The van der Waals surface area contributed by atoms with Crippen LogP contribution in [0.3, 0.4) is 0 Å². The van der Waals surface area contributed by atoms with Crippen molar-refractivity contribution in [1.82, 2.24) is 0 Å². The summed E-state index contributed by atoms with van der Waals surface area (Å²) in [6.07, 6.45) is 0. The summed E-state index contributed by atoms with van der Waals surface area (Å²) in [7, 11) is 1.10. The van der Waals surface area contributed by atoms with Crippen molar-refractivity contribution in [3.63, 3.8) is 0 Å². The molecule has 1 atom stereocenters. The predicted octanol–water partition coefficient (Wildman–Crippen LogP) is 4.73. The average molecular weight is 421 g/mol. The Balaban J connectivity index is 0.00000264. The van der Waals surface area contributed by atoms with Crippen LogP contribution in [0.4, 0.5) is 0 Å². The summed E-state index contributed by atoms with van der Waals surface area (Å²) in [5.74, 6) is 1.53. The van der Waals surface area contributed by atoms with Gasteiger partial charge in [-0.15, -0.1) is 24.8 Å². The van der Waals surface area contributed by atoms with Gasteiger partial charge in [0.25, 0.3) is 0 Å². The Morgan fingerprint density at radius 1 is 1.17 bits per heavy atom. The molecule has 0 spiro atoms. The summed E-state index contributed by atoms with van der Waals surface area (Å²) in [4.78, 5) is 4.46. The molecule has 2 rings (SSSR count). The van der Waals surface area contributed by atoms with Crippen molar-refractivity contribution >= 4 is 39.9 Å². The third kappa shape index (κ3) is 4.95. The van der Waals surface area contributed by atoms with Crippen molar-refractivity contribution in [2.24, 2.45) is 5.92 Å². The van der Waals surface area contributed by atoms with Gasteiger partial charge in [0.05, 0.1) is 0 Å². The van der Waals surface area contributed by atoms with E-state index in [-0.39, 0.29) is 30.2 Å². The molecule has 24 heavy (non-hydrogen) atoms. The molecule has 0 saturated heterocycles. The predicted molar refractivity (Wildman–Crippen MR) is 112 cm³/mol. The molecule has 0 saturated carbocycles. The molecule has 1 nitrogen and oxygen atoms in total. The van der Waals surface area contributed by atoms with Crippen LogP contribution in [0.15, 0.2) is 44.5 Å². The monoisotopic (exact) mass is 420 g/mol. The quantitative estimate of drug-likeness (QED) is 0.641. The van der Waals surface area contributed by atoms with Crippen molar-refractivity contribution in [3.8, 4) is 5.75 Å². The number of allylic oxidation sites excluding steroid dienone is 4. The fraction of sp³-hybridized carbons (Fsp3) is 0.421. The second kappa shape index (κ2) is 9.00. The Morgan fingerprint density at radius 3 is 2.21 bits per heavy atom. The molecule has 0 radical (unpaired) electrons. The minimum atomic E-state index is -1.93. The zero-order chi connectivity index (χ0) is 16.7. The van der Waals surface area contributed by atoms with E-state index in [2.05, 4.69) is 70.6 Å². The van der Waals surface area contributed by atoms with Gasteiger partial charge in [0.15, 0.2) is 0 Å². The van der Waals surface area contributed by atoms with Gasteiger partial charge in [0.1, 0.15) is 0 Å². The standard InChI is InChI=1S/C10H14O.C8H13Si.CH2.2ClH.Ti/c1-10(2,3)8-5-4-6-9(11)7-8;1-5-4-8(9)7(3)6(5)2;;;;/h4-7,11H,1-3H3;5H,1-3,9H3;1H2;2*1H;/q;;;;;+1/p-1. The van der Waals surface area contributed by atoms with Crippen LogP contribution >= 0.6 is 24.8 Å². The maximum atomic E-state index is 6.36. The summed E-state index contributed by atoms with van der Waals surface area (Å²) in [5.41, 5.74) is 4.48. The zero-order valence-electron chi connectivity index (χ0n) is 15.8. The van der Waals surface area contributed by atoms with Crippen LogP contribution in [-0.2, 0) is 23.2 Å². The van der Waals surface area contributed by atoms with Crippen LogP contribution in [0.1, 0.15) is 47.1 Å². The Hall–Kier alpha value is -0.119. The van der Waals surface area contributed by atoms with Crippen molar-refractivity contribution < 1.29 is 21.1 Å². The molecule has 1 aliphatic rings. The number of halogens is 2. The summed E-state index contributed by atoms with van der Waals surface area (Å²) in [5, 5.41) is 1.56. The Labute approximate surface area is 169 Å². The minimum absolute atomic E-state index is 0. The number of benzene rings is 1. The third-order valence-electron chi connectivity index (χ3n) is 4.88. The molecule has 1 aromatic rings. The summed E-state index contributed by atoms with van der Waals surface area (Å²) in [6, 6.07) is 8.55. The molecular weight excluding hydrogens is 391 g/mol. The normalized spacial score (nSPS) is 17.5. The molecule has 0 aromatic heterocycles. The molecule has 1 aromatic carbocycles. The summed E-state index contributed by atoms with van der Waals surface area (Å²) >= 11 is -1.93. The molecule has 0 fully saturated rings. The molecule has 5 heteroatoms. The van der Waals surface area contributed by atoms with Crippen molar-refractivity contribution in [2.45, 2.75) is 47.0 Å². The fourth-order valence-corrected chi connectivity index (χ4v) is 7.87. The topological polar surface area (TPSA) is 9.23 Å². The molecule has 0 heterocycles. The van der Waals surface area contributed by atoms with E-state index in [9.17, 15) is 0 Å². The van der Waals surface area contributed by atoms with E-state index in [0.29, 0.717) is 5.92 Å². The van der Waals surface area contributed by atoms with Crippen molar-refractivity contribution in [3.05, 3.63) is 50.0 Å². The molecule has 0 N–H and O–H groups in total. The number of rotatable bonds is 3. The van der Waals surface area contributed by atoms with Crippen LogP contribution in [0.25, 0.3) is 0 Å². The molecular formula is C19H30Cl2OSiTi. The van der Waals surface area contributed by atoms with Gasteiger partial charge in [-0.1, -0.05) is 0 Å². The second-order valence-corrected chi connectivity index (χ2v) is 10.9. The Bertz CT molecular complexity index is 687. The van der Waals surface area contributed by atoms with Gasteiger partial charge in [0.2, 0.25) is 0 Å².